The van der Waals surface area contributed by atoms with Crippen LogP contribution in [0, 0.1) is 0 Å². The number of carbonyl (C=O) groups excluding carboxylic acids is 1. The summed E-state index contributed by atoms with van der Waals surface area (Å²) in [4.78, 5) is 26.0. The van der Waals surface area contributed by atoms with Crippen molar-refractivity contribution in [3.63, 3.8) is 0 Å². The van der Waals surface area contributed by atoms with Gasteiger partial charge in [0.05, 0.1) is 12.1 Å². The molecule has 0 bridgehead atoms. The standard InChI is InChI=1S/C10H12N2O4S/c1-17-9-6(3-2-4-11-9)8(14)12-5-7(13)10(15)16/h2-4,7,13H,5H2,1H3,(H,12,14)(H,15,16)/t7-/m0/s1. The number of nitrogens with one attached hydrogen (secondary N) is 1. The molecule has 0 aromatic carbocycles. The normalized spacial score (nSPS) is 11.9. The first-order valence-electron chi connectivity index (χ1n) is 4.74. The van der Waals surface area contributed by atoms with Crippen molar-refractivity contribution in [3.05, 3.63) is 23.9 Å². The Morgan fingerprint density at radius 1 is 1.59 bits per heavy atom. The number of carboxylic acids is 1. The van der Waals surface area contributed by atoms with E-state index >= 15 is 0 Å². The monoisotopic (exact) mass is 256 g/mol. The predicted octanol–water partition coefficient (Wildman–Crippen LogP) is -0.0212. The van der Waals surface area contributed by atoms with Crippen molar-refractivity contribution < 1.29 is 19.8 Å². The molecule has 1 atom stereocenters. The number of rotatable bonds is 5. The molecule has 17 heavy (non-hydrogen) atoms. The van der Waals surface area contributed by atoms with Gasteiger partial charge in [0.15, 0.2) is 6.10 Å². The Morgan fingerprint density at radius 2 is 2.29 bits per heavy atom. The van der Waals surface area contributed by atoms with Crippen LogP contribution in [0.15, 0.2) is 23.4 Å². The van der Waals surface area contributed by atoms with Crippen LogP contribution in [-0.2, 0) is 4.79 Å². The highest BCUT2D eigenvalue weighted by molar-refractivity contribution is 7.98. The maximum atomic E-state index is 11.7. The number of hydrogen-bond donors (Lipinski definition) is 3. The first-order chi connectivity index (χ1) is 8.06. The molecule has 7 heteroatoms. The van der Waals surface area contributed by atoms with Crippen LogP contribution in [0.5, 0.6) is 0 Å². The van der Waals surface area contributed by atoms with E-state index in [1.165, 1.54) is 11.8 Å². The Hall–Kier alpha value is -1.60. The number of amides is 1. The summed E-state index contributed by atoms with van der Waals surface area (Å²) in [5.41, 5.74) is 0.359. The SMILES string of the molecule is CSc1ncccc1C(=O)NC[C@H](O)C(=O)O. The quantitative estimate of drug-likeness (QED) is 0.640. The van der Waals surface area contributed by atoms with E-state index in [1.54, 1.807) is 24.6 Å². The summed E-state index contributed by atoms with van der Waals surface area (Å²) in [6.45, 7) is -0.336. The molecule has 1 aromatic heterocycles. The van der Waals surface area contributed by atoms with Crippen molar-refractivity contribution in [1.82, 2.24) is 10.3 Å². The van der Waals surface area contributed by atoms with Crippen LogP contribution in [-0.4, -0.2) is 46.0 Å². The van der Waals surface area contributed by atoms with Crippen LogP contribution in [0.25, 0.3) is 0 Å². The molecule has 0 aliphatic carbocycles. The van der Waals surface area contributed by atoms with Gasteiger partial charge in [-0.25, -0.2) is 9.78 Å². The number of aliphatic carboxylic acids is 1. The molecule has 1 aromatic rings. The summed E-state index contributed by atoms with van der Waals surface area (Å²) in [5.74, 6) is -1.83. The molecule has 1 amide bonds. The largest absolute Gasteiger partial charge is 0.479 e. The van der Waals surface area contributed by atoms with E-state index in [4.69, 9.17) is 10.2 Å². The zero-order valence-electron chi connectivity index (χ0n) is 9.08. The number of pyridine rings is 1. The lowest BCUT2D eigenvalue weighted by Gasteiger charge is -2.09. The molecule has 0 spiro atoms. The van der Waals surface area contributed by atoms with Crippen molar-refractivity contribution in [2.24, 2.45) is 0 Å². The molecule has 92 valence electrons. The van der Waals surface area contributed by atoms with Gasteiger partial charge in [-0.15, -0.1) is 11.8 Å². The van der Waals surface area contributed by atoms with Crippen molar-refractivity contribution in [2.45, 2.75) is 11.1 Å². The average Bonchev–Trinajstić information content (AvgIpc) is 2.35. The van der Waals surface area contributed by atoms with E-state index in [2.05, 4.69) is 10.3 Å². The summed E-state index contributed by atoms with van der Waals surface area (Å²) >= 11 is 1.31. The van der Waals surface area contributed by atoms with E-state index in [9.17, 15) is 9.59 Å². The fourth-order valence-electron chi connectivity index (χ4n) is 1.10. The predicted molar refractivity (Wildman–Crippen MR) is 62.0 cm³/mol. The highest BCUT2D eigenvalue weighted by atomic mass is 32.2. The van der Waals surface area contributed by atoms with Gasteiger partial charge in [-0.1, -0.05) is 0 Å². The number of carbonyl (C=O) groups is 2. The zero-order chi connectivity index (χ0) is 12.8. The third-order valence-electron chi connectivity index (χ3n) is 1.95. The van der Waals surface area contributed by atoms with Gasteiger partial charge in [0, 0.05) is 6.20 Å². The van der Waals surface area contributed by atoms with Gasteiger partial charge >= 0.3 is 5.97 Å². The summed E-state index contributed by atoms with van der Waals surface area (Å²) in [5, 5.41) is 20.3. The third-order valence-corrected chi connectivity index (χ3v) is 2.66. The minimum atomic E-state index is -1.60. The van der Waals surface area contributed by atoms with Crippen LogP contribution >= 0.6 is 11.8 Å². The first kappa shape index (κ1) is 13.5. The number of nitrogens with zero attached hydrogens (tertiary/aromatic N) is 1. The average molecular weight is 256 g/mol. The maximum Gasteiger partial charge on any atom is 0.334 e. The van der Waals surface area contributed by atoms with Gasteiger partial charge in [-0.2, -0.15) is 0 Å². The van der Waals surface area contributed by atoms with E-state index in [1.807, 2.05) is 0 Å². The minimum absolute atomic E-state index is 0.336. The maximum absolute atomic E-state index is 11.7. The number of hydrogen-bond acceptors (Lipinski definition) is 5. The molecule has 0 unspecified atom stereocenters. The third kappa shape index (κ3) is 3.72. The molecule has 0 saturated heterocycles. The van der Waals surface area contributed by atoms with Gasteiger partial charge in [-0.05, 0) is 18.4 Å². The van der Waals surface area contributed by atoms with Gasteiger partial charge in [0.1, 0.15) is 5.03 Å². The summed E-state index contributed by atoms with van der Waals surface area (Å²) in [7, 11) is 0. The van der Waals surface area contributed by atoms with Crippen molar-refractivity contribution in [1.29, 1.82) is 0 Å². The molecule has 0 aliphatic rings. The van der Waals surface area contributed by atoms with Gasteiger partial charge in [-0.3, -0.25) is 4.79 Å². The Balaban J connectivity index is 2.67. The highest BCUT2D eigenvalue weighted by Gasteiger charge is 2.16. The topological polar surface area (TPSA) is 99.5 Å². The number of aliphatic hydroxyl groups excluding tert-OH is 1. The second-order valence-corrected chi connectivity index (χ2v) is 3.92. The van der Waals surface area contributed by atoms with Crippen LogP contribution in [0.3, 0.4) is 0 Å². The first-order valence-corrected chi connectivity index (χ1v) is 5.96. The number of aromatic nitrogens is 1. The van der Waals surface area contributed by atoms with E-state index in [0.29, 0.717) is 10.6 Å². The molecular formula is C10H12N2O4S. The zero-order valence-corrected chi connectivity index (χ0v) is 9.90. The molecule has 1 rings (SSSR count). The molecule has 0 radical (unpaired) electrons. The second kappa shape index (κ2) is 6.21. The number of thioether (sulfide) groups is 1. The Bertz CT molecular complexity index is 425. The smallest absolute Gasteiger partial charge is 0.334 e. The number of carboxylic acid groups (broad SMARTS) is 1. The van der Waals surface area contributed by atoms with Crippen molar-refractivity contribution in [3.8, 4) is 0 Å². The van der Waals surface area contributed by atoms with E-state index in [0.717, 1.165) is 0 Å². The van der Waals surface area contributed by atoms with Crippen LogP contribution in [0.2, 0.25) is 0 Å². The lowest BCUT2D eigenvalue weighted by Crippen LogP contribution is -2.36. The highest BCUT2D eigenvalue weighted by Crippen LogP contribution is 2.16. The lowest BCUT2D eigenvalue weighted by atomic mass is 10.2. The van der Waals surface area contributed by atoms with Crippen molar-refractivity contribution in [2.75, 3.05) is 12.8 Å². The summed E-state index contributed by atoms with van der Waals surface area (Å²) in [6.07, 6.45) is 1.74. The Labute approximate surface area is 102 Å². The van der Waals surface area contributed by atoms with Crippen LogP contribution < -0.4 is 5.32 Å². The van der Waals surface area contributed by atoms with E-state index in [-0.39, 0.29) is 6.54 Å². The lowest BCUT2D eigenvalue weighted by molar-refractivity contribution is -0.146. The fraction of sp³-hybridized carbons (Fsp3) is 0.300. The molecule has 1 heterocycles. The summed E-state index contributed by atoms with van der Waals surface area (Å²) < 4.78 is 0. The molecular weight excluding hydrogens is 244 g/mol. The van der Waals surface area contributed by atoms with E-state index < -0.39 is 18.0 Å². The molecule has 3 N–H and O–H groups in total. The fourth-order valence-corrected chi connectivity index (χ4v) is 1.65. The number of aliphatic hydroxyl groups is 1. The van der Waals surface area contributed by atoms with Gasteiger partial charge < -0.3 is 15.5 Å². The van der Waals surface area contributed by atoms with Crippen LogP contribution in [0.4, 0.5) is 0 Å². The molecule has 0 fully saturated rings. The van der Waals surface area contributed by atoms with Gasteiger partial charge in [0.25, 0.3) is 5.91 Å². The van der Waals surface area contributed by atoms with Crippen molar-refractivity contribution >= 4 is 23.6 Å². The van der Waals surface area contributed by atoms with Gasteiger partial charge in [0.2, 0.25) is 0 Å². The summed E-state index contributed by atoms with van der Waals surface area (Å²) in [6, 6.07) is 3.20. The second-order valence-electron chi connectivity index (χ2n) is 3.12. The molecule has 0 saturated carbocycles. The Kier molecular flexibility index (Phi) is 4.92. The Morgan fingerprint density at radius 3 is 2.88 bits per heavy atom. The molecule has 6 nitrogen and oxygen atoms in total. The molecule has 0 aliphatic heterocycles. The van der Waals surface area contributed by atoms with Crippen LogP contribution in [0.1, 0.15) is 10.4 Å². The minimum Gasteiger partial charge on any atom is -0.479 e.